The van der Waals surface area contributed by atoms with Crippen molar-refractivity contribution < 1.29 is 8.42 Å². The third kappa shape index (κ3) is 3.84. The number of aryl methyl sites for hydroxylation is 1. The third-order valence-corrected chi connectivity index (χ3v) is 7.03. The number of sulfone groups is 1. The van der Waals surface area contributed by atoms with E-state index in [1.807, 2.05) is 33.4 Å². The Kier molecular flexibility index (Phi) is 5.13. The van der Waals surface area contributed by atoms with Crippen molar-refractivity contribution in [3.05, 3.63) is 58.5 Å². The van der Waals surface area contributed by atoms with Crippen LogP contribution in [0.1, 0.15) is 36.7 Å². The molecule has 168 valence electrons. The second-order valence-corrected chi connectivity index (χ2v) is 10.8. The maximum absolute atomic E-state index is 13.3. The number of imidazole rings is 2. The van der Waals surface area contributed by atoms with E-state index in [1.165, 1.54) is 6.26 Å². The average molecular weight is 455 g/mol. The zero-order valence-electron chi connectivity index (χ0n) is 17.9. The molecule has 4 aromatic rings. The summed E-state index contributed by atoms with van der Waals surface area (Å²) in [5.41, 5.74) is 10.1. The molecule has 0 amide bonds. The number of nitrogens with two attached hydrogens (primary N) is 1. The summed E-state index contributed by atoms with van der Waals surface area (Å²) >= 11 is 0. The highest BCUT2D eigenvalue weighted by atomic mass is 32.2. The summed E-state index contributed by atoms with van der Waals surface area (Å²) in [6, 6.07) is 7.99. The fourth-order valence-electron chi connectivity index (χ4n) is 4.31. The van der Waals surface area contributed by atoms with Crippen LogP contribution in [0.3, 0.4) is 0 Å². The summed E-state index contributed by atoms with van der Waals surface area (Å²) < 4.78 is 28.9. The van der Waals surface area contributed by atoms with Gasteiger partial charge in [0.25, 0.3) is 0 Å². The number of aromatic nitrogens is 5. The molecular formula is C22H26N6O3S. The van der Waals surface area contributed by atoms with E-state index in [1.54, 1.807) is 17.0 Å². The summed E-state index contributed by atoms with van der Waals surface area (Å²) in [6.07, 6.45) is 7.15. The molecule has 1 aliphatic rings. The second kappa shape index (κ2) is 7.86. The van der Waals surface area contributed by atoms with Gasteiger partial charge in [-0.25, -0.2) is 18.2 Å². The lowest BCUT2D eigenvalue weighted by atomic mass is 10.2. The van der Waals surface area contributed by atoms with Crippen molar-refractivity contribution in [2.45, 2.75) is 44.9 Å². The number of benzene rings is 1. The molecule has 1 aliphatic carbocycles. The molecule has 9 nitrogen and oxygen atoms in total. The van der Waals surface area contributed by atoms with Gasteiger partial charge in [-0.05, 0) is 43.0 Å². The van der Waals surface area contributed by atoms with E-state index in [9.17, 15) is 13.2 Å². The highest BCUT2D eigenvalue weighted by Crippen LogP contribution is 2.36. The Morgan fingerprint density at radius 1 is 1.12 bits per heavy atom. The van der Waals surface area contributed by atoms with Crippen molar-refractivity contribution in [1.82, 2.24) is 23.7 Å². The van der Waals surface area contributed by atoms with Crippen LogP contribution in [0.25, 0.3) is 22.1 Å². The maximum atomic E-state index is 13.3. The van der Waals surface area contributed by atoms with E-state index >= 15 is 0 Å². The minimum absolute atomic E-state index is 0.0621. The zero-order chi connectivity index (χ0) is 22.5. The van der Waals surface area contributed by atoms with Crippen LogP contribution in [0.5, 0.6) is 0 Å². The van der Waals surface area contributed by atoms with Gasteiger partial charge in [0, 0.05) is 31.6 Å². The summed E-state index contributed by atoms with van der Waals surface area (Å²) in [4.78, 5) is 22.4. The van der Waals surface area contributed by atoms with Crippen molar-refractivity contribution >= 4 is 31.9 Å². The SMILES string of the molecule is CS(=O)(=O)CCCn1c(Cn2c(=O)n(C3CC3)c3ccncc32)nc2cc(CN)ccc21. The molecule has 1 fully saturated rings. The van der Waals surface area contributed by atoms with Crippen molar-refractivity contribution in [2.24, 2.45) is 5.73 Å². The lowest BCUT2D eigenvalue weighted by Crippen LogP contribution is -2.25. The maximum Gasteiger partial charge on any atom is 0.329 e. The Morgan fingerprint density at radius 2 is 1.94 bits per heavy atom. The van der Waals surface area contributed by atoms with Gasteiger partial charge in [0.2, 0.25) is 0 Å². The standard InChI is InChI=1S/C22H26N6O3S/c1-32(30,31)10-2-9-26-18-6-3-15(12-23)11-17(18)25-21(26)14-27-20-13-24-8-7-19(20)28(22(27)29)16-4-5-16/h3,6-8,11,13,16H,2,4-5,9-10,12,14,23H2,1H3. The van der Waals surface area contributed by atoms with Gasteiger partial charge in [-0.15, -0.1) is 0 Å². The molecule has 0 saturated heterocycles. The first-order chi connectivity index (χ1) is 15.4. The van der Waals surface area contributed by atoms with Crippen LogP contribution in [0.4, 0.5) is 0 Å². The molecule has 5 rings (SSSR count). The topological polar surface area (TPSA) is 118 Å². The molecular weight excluding hydrogens is 428 g/mol. The third-order valence-electron chi connectivity index (χ3n) is 6.00. The number of pyridine rings is 1. The molecule has 0 atom stereocenters. The van der Waals surface area contributed by atoms with Crippen LogP contribution < -0.4 is 11.4 Å². The molecule has 1 aromatic carbocycles. The van der Waals surface area contributed by atoms with Gasteiger partial charge >= 0.3 is 5.69 Å². The zero-order valence-corrected chi connectivity index (χ0v) is 18.8. The number of hydrogen-bond acceptors (Lipinski definition) is 6. The van der Waals surface area contributed by atoms with Gasteiger partial charge in [0.1, 0.15) is 15.7 Å². The van der Waals surface area contributed by atoms with Gasteiger partial charge in [-0.3, -0.25) is 14.1 Å². The summed E-state index contributed by atoms with van der Waals surface area (Å²) in [5, 5.41) is 0. The minimum atomic E-state index is -3.06. The highest BCUT2D eigenvalue weighted by Gasteiger charge is 2.29. The summed E-state index contributed by atoms with van der Waals surface area (Å²) in [5.74, 6) is 0.807. The molecule has 1 saturated carbocycles. The molecule has 0 bridgehead atoms. The Bertz CT molecular complexity index is 1480. The largest absolute Gasteiger partial charge is 0.329 e. The van der Waals surface area contributed by atoms with Crippen molar-refractivity contribution in [3.8, 4) is 0 Å². The first kappa shape index (κ1) is 20.9. The van der Waals surface area contributed by atoms with Gasteiger partial charge < -0.3 is 10.3 Å². The molecule has 0 radical (unpaired) electrons. The number of rotatable bonds is 8. The Hall–Kier alpha value is -2.98. The van der Waals surface area contributed by atoms with Crippen LogP contribution in [-0.2, 0) is 29.5 Å². The molecule has 0 unspecified atom stereocenters. The molecule has 3 aromatic heterocycles. The van der Waals surface area contributed by atoms with Crippen LogP contribution >= 0.6 is 0 Å². The average Bonchev–Trinajstić information content (AvgIpc) is 3.48. The molecule has 10 heteroatoms. The Labute approximate surface area is 185 Å². The predicted octanol–water partition coefficient (Wildman–Crippen LogP) is 1.82. The van der Waals surface area contributed by atoms with E-state index in [2.05, 4.69) is 4.98 Å². The first-order valence-electron chi connectivity index (χ1n) is 10.8. The Balaban J connectivity index is 1.60. The fraction of sp³-hybridized carbons (Fsp3) is 0.409. The van der Waals surface area contributed by atoms with Crippen molar-refractivity contribution in [3.63, 3.8) is 0 Å². The summed E-state index contributed by atoms with van der Waals surface area (Å²) in [6.45, 7) is 1.19. The van der Waals surface area contributed by atoms with Crippen LogP contribution in [0, 0.1) is 0 Å². The fourth-order valence-corrected chi connectivity index (χ4v) is 4.97. The normalized spacial score (nSPS) is 14.6. The van der Waals surface area contributed by atoms with E-state index in [4.69, 9.17) is 10.7 Å². The van der Waals surface area contributed by atoms with E-state index in [0.29, 0.717) is 25.3 Å². The first-order valence-corrected chi connectivity index (χ1v) is 12.8. The molecule has 32 heavy (non-hydrogen) atoms. The number of fused-ring (bicyclic) bond motifs is 2. The van der Waals surface area contributed by atoms with Crippen LogP contribution in [-0.4, -0.2) is 44.1 Å². The quantitative estimate of drug-likeness (QED) is 0.434. The van der Waals surface area contributed by atoms with Crippen molar-refractivity contribution in [1.29, 1.82) is 0 Å². The molecule has 0 spiro atoms. The minimum Gasteiger partial charge on any atom is -0.326 e. The summed E-state index contributed by atoms with van der Waals surface area (Å²) in [7, 11) is -3.06. The predicted molar refractivity (Wildman–Crippen MR) is 123 cm³/mol. The van der Waals surface area contributed by atoms with E-state index in [0.717, 1.165) is 40.5 Å². The van der Waals surface area contributed by atoms with Gasteiger partial charge in [0.15, 0.2) is 0 Å². The number of hydrogen-bond donors (Lipinski definition) is 1. The highest BCUT2D eigenvalue weighted by molar-refractivity contribution is 7.90. The van der Waals surface area contributed by atoms with Crippen molar-refractivity contribution in [2.75, 3.05) is 12.0 Å². The lowest BCUT2D eigenvalue weighted by molar-refractivity contribution is 0.583. The smallest absolute Gasteiger partial charge is 0.326 e. The Morgan fingerprint density at radius 3 is 2.66 bits per heavy atom. The monoisotopic (exact) mass is 454 g/mol. The molecule has 0 aliphatic heterocycles. The van der Waals surface area contributed by atoms with Gasteiger partial charge in [-0.1, -0.05) is 6.07 Å². The van der Waals surface area contributed by atoms with Gasteiger partial charge in [0.05, 0.1) is 40.6 Å². The second-order valence-electron chi connectivity index (χ2n) is 8.52. The van der Waals surface area contributed by atoms with E-state index < -0.39 is 9.84 Å². The van der Waals surface area contributed by atoms with Gasteiger partial charge in [-0.2, -0.15) is 0 Å². The molecule has 2 N–H and O–H groups in total. The lowest BCUT2D eigenvalue weighted by Gasteiger charge is -2.10. The van der Waals surface area contributed by atoms with Crippen LogP contribution in [0.15, 0.2) is 41.5 Å². The van der Waals surface area contributed by atoms with E-state index in [-0.39, 0.29) is 24.0 Å². The molecule has 3 heterocycles. The van der Waals surface area contributed by atoms with Crippen LogP contribution in [0.2, 0.25) is 0 Å². The number of nitrogens with zero attached hydrogens (tertiary/aromatic N) is 5.